The van der Waals surface area contributed by atoms with Crippen LogP contribution < -0.4 is 10.6 Å². The van der Waals surface area contributed by atoms with Gasteiger partial charge >= 0.3 is 0 Å². The number of piperidine rings is 1. The smallest absolute Gasteiger partial charge is 0.222 e. The van der Waals surface area contributed by atoms with Crippen molar-refractivity contribution in [3.63, 3.8) is 0 Å². The number of carbonyl (C=O) groups excluding carboxylic acids is 1. The number of nitrogens with zero attached hydrogens (tertiary/aromatic N) is 1. The fraction of sp³-hybridized carbons (Fsp3) is 0.933. The molecule has 2 unspecified atom stereocenters. The largest absolute Gasteiger partial charge is 0.355 e. The average Bonchev–Trinajstić information content (AvgIpc) is 2.42. The zero-order valence-electron chi connectivity index (χ0n) is 13.0. The van der Waals surface area contributed by atoms with Crippen LogP contribution >= 0.6 is 0 Å². The van der Waals surface area contributed by atoms with Gasteiger partial charge in [-0.1, -0.05) is 20.8 Å². The van der Waals surface area contributed by atoms with Crippen molar-refractivity contribution in [3.05, 3.63) is 0 Å². The van der Waals surface area contributed by atoms with E-state index in [4.69, 9.17) is 0 Å². The van der Waals surface area contributed by atoms with E-state index in [0.717, 1.165) is 25.6 Å². The lowest BCUT2D eigenvalue weighted by atomic mass is 9.91. The highest BCUT2D eigenvalue weighted by atomic mass is 16.1. The molecule has 0 aromatic heterocycles. The minimum Gasteiger partial charge on any atom is -0.355 e. The molecule has 1 amide bonds. The highest BCUT2D eigenvalue weighted by Crippen LogP contribution is 2.19. The Bertz CT molecular complexity index is 268. The topological polar surface area (TPSA) is 44.4 Å². The molecule has 2 N–H and O–H groups in total. The van der Waals surface area contributed by atoms with Gasteiger partial charge in [-0.3, -0.25) is 4.79 Å². The summed E-state index contributed by atoms with van der Waals surface area (Å²) in [5.74, 6) is 0.965. The molecule has 2 atom stereocenters. The van der Waals surface area contributed by atoms with E-state index < -0.39 is 0 Å². The average molecular weight is 269 g/mol. The van der Waals surface area contributed by atoms with Gasteiger partial charge < -0.3 is 15.5 Å². The minimum atomic E-state index is 0.0777. The van der Waals surface area contributed by atoms with Crippen molar-refractivity contribution in [3.8, 4) is 0 Å². The lowest BCUT2D eigenvalue weighted by Gasteiger charge is -2.35. The molecular formula is C15H31N3O. The van der Waals surface area contributed by atoms with Crippen LogP contribution in [0.2, 0.25) is 0 Å². The maximum absolute atomic E-state index is 11.4. The highest BCUT2D eigenvalue weighted by Gasteiger charge is 2.23. The van der Waals surface area contributed by atoms with Crippen LogP contribution in [0.4, 0.5) is 0 Å². The SMILES string of the molecule is CCN1CCCC(C(C)NCCNC(=O)C(C)C)C1. The molecule has 1 heterocycles. The van der Waals surface area contributed by atoms with Crippen molar-refractivity contribution in [2.45, 2.75) is 46.6 Å². The molecule has 1 aliphatic rings. The van der Waals surface area contributed by atoms with Crippen molar-refractivity contribution in [2.24, 2.45) is 11.8 Å². The third-order valence-electron chi connectivity index (χ3n) is 4.11. The van der Waals surface area contributed by atoms with Crippen LogP contribution in [0.15, 0.2) is 0 Å². The predicted octanol–water partition coefficient (Wildman–Crippen LogP) is 1.47. The maximum atomic E-state index is 11.4. The summed E-state index contributed by atoms with van der Waals surface area (Å²) < 4.78 is 0. The molecule has 0 saturated carbocycles. The van der Waals surface area contributed by atoms with E-state index in [1.54, 1.807) is 0 Å². The Kier molecular flexibility index (Phi) is 7.39. The van der Waals surface area contributed by atoms with Gasteiger partial charge in [0.25, 0.3) is 0 Å². The number of hydrogen-bond donors (Lipinski definition) is 2. The summed E-state index contributed by atoms with van der Waals surface area (Å²) in [6.07, 6.45) is 2.64. The first-order valence-electron chi connectivity index (χ1n) is 7.78. The fourth-order valence-corrected chi connectivity index (χ4v) is 2.64. The third-order valence-corrected chi connectivity index (χ3v) is 4.11. The Labute approximate surface area is 118 Å². The molecule has 4 nitrogen and oxygen atoms in total. The Hall–Kier alpha value is -0.610. The van der Waals surface area contributed by atoms with E-state index in [2.05, 4.69) is 29.4 Å². The van der Waals surface area contributed by atoms with Gasteiger partial charge in [0.1, 0.15) is 0 Å². The van der Waals surface area contributed by atoms with Crippen LogP contribution in [-0.2, 0) is 4.79 Å². The van der Waals surface area contributed by atoms with Crippen molar-refractivity contribution < 1.29 is 4.79 Å². The second kappa shape index (κ2) is 8.54. The summed E-state index contributed by atoms with van der Waals surface area (Å²) in [7, 11) is 0. The molecule has 0 aromatic carbocycles. The summed E-state index contributed by atoms with van der Waals surface area (Å²) in [4.78, 5) is 14.0. The van der Waals surface area contributed by atoms with Crippen LogP contribution in [0.3, 0.4) is 0 Å². The van der Waals surface area contributed by atoms with E-state index in [0.29, 0.717) is 6.04 Å². The standard InChI is InChI=1S/C15H31N3O/c1-5-18-10-6-7-14(11-18)13(4)16-8-9-17-15(19)12(2)3/h12-14,16H,5-11H2,1-4H3,(H,17,19). The van der Waals surface area contributed by atoms with Crippen molar-refractivity contribution in [2.75, 3.05) is 32.7 Å². The van der Waals surface area contributed by atoms with Crippen LogP contribution in [0.5, 0.6) is 0 Å². The molecule has 0 aliphatic carbocycles. The van der Waals surface area contributed by atoms with Gasteiger partial charge in [0.15, 0.2) is 0 Å². The van der Waals surface area contributed by atoms with Crippen molar-refractivity contribution >= 4 is 5.91 Å². The Morgan fingerprint density at radius 3 is 2.68 bits per heavy atom. The summed E-state index contributed by atoms with van der Waals surface area (Å²) in [5.41, 5.74) is 0. The fourth-order valence-electron chi connectivity index (χ4n) is 2.64. The van der Waals surface area contributed by atoms with E-state index in [9.17, 15) is 4.79 Å². The van der Waals surface area contributed by atoms with Crippen molar-refractivity contribution in [1.29, 1.82) is 0 Å². The zero-order chi connectivity index (χ0) is 14.3. The summed E-state index contributed by atoms with van der Waals surface area (Å²) in [6, 6.07) is 0.533. The van der Waals surface area contributed by atoms with E-state index in [-0.39, 0.29) is 11.8 Å². The van der Waals surface area contributed by atoms with Gasteiger partial charge in [-0.25, -0.2) is 0 Å². The zero-order valence-corrected chi connectivity index (χ0v) is 13.0. The lowest BCUT2D eigenvalue weighted by Crippen LogP contribution is -2.46. The number of likely N-dealkylation sites (tertiary alicyclic amines) is 1. The monoisotopic (exact) mass is 269 g/mol. The Morgan fingerprint density at radius 2 is 2.05 bits per heavy atom. The van der Waals surface area contributed by atoms with Crippen molar-refractivity contribution in [1.82, 2.24) is 15.5 Å². The van der Waals surface area contributed by atoms with E-state index in [1.807, 2.05) is 13.8 Å². The molecule has 112 valence electrons. The highest BCUT2D eigenvalue weighted by molar-refractivity contribution is 5.77. The molecule has 4 heteroatoms. The summed E-state index contributed by atoms with van der Waals surface area (Å²) >= 11 is 0. The van der Waals surface area contributed by atoms with Crippen LogP contribution in [0, 0.1) is 11.8 Å². The lowest BCUT2D eigenvalue weighted by molar-refractivity contribution is -0.123. The first kappa shape index (κ1) is 16.4. The molecule has 0 bridgehead atoms. The minimum absolute atomic E-state index is 0.0777. The first-order chi connectivity index (χ1) is 9.04. The van der Waals surface area contributed by atoms with E-state index in [1.165, 1.54) is 25.9 Å². The number of carbonyl (C=O) groups is 1. The summed E-state index contributed by atoms with van der Waals surface area (Å²) in [5, 5.41) is 6.50. The first-order valence-corrected chi connectivity index (χ1v) is 7.78. The number of nitrogens with one attached hydrogen (secondary N) is 2. The van der Waals surface area contributed by atoms with Gasteiger partial charge in [0, 0.05) is 31.6 Å². The number of amides is 1. The predicted molar refractivity (Wildman–Crippen MR) is 80.2 cm³/mol. The molecule has 1 fully saturated rings. The van der Waals surface area contributed by atoms with Crippen LogP contribution in [0.25, 0.3) is 0 Å². The molecule has 19 heavy (non-hydrogen) atoms. The normalized spacial score (nSPS) is 22.5. The molecule has 0 radical (unpaired) electrons. The second-order valence-electron chi connectivity index (χ2n) is 5.98. The second-order valence-corrected chi connectivity index (χ2v) is 5.98. The number of rotatable bonds is 7. The maximum Gasteiger partial charge on any atom is 0.222 e. The van der Waals surface area contributed by atoms with Gasteiger partial charge in [0.05, 0.1) is 0 Å². The molecule has 1 saturated heterocycles. The molecule has 0 aromatic rings. The Balaban J connectivity index is 2.16. The quantitative estimate of drug-likeness (QED) is 0.688. The third kappa shape index (κ3) is 5.91. The number of hydrogen-bond acceptors (Lipinski definition) is 3. The van der Waals surface area contributed by atoms with Gasteiger partial charge in [-0.05, 0) is 38.8 Å². The van der Waals surface area contributed by atoms with Crippen LogP contribution in [0.1, 0.15) is 40.5 Å². The van der Waals surface area contributed by atoms with Gasteiger partial charge in [0.2, 0.25) is 5.91 Å². The molecule has 1 rings (SSSR count). The molecular weight excluding hydrogens is 238 g/mol. The Morgan fingerprint density at radius 1 is 1.32 bits per heavy atom. The molecule has 0 spiro atoms. The summed E-state index contributed by atoms with van der Waals surface area (Å²) in [6.45, 7) is 13.6. The molecule has 1 aliphatic heterocycles. The van der Waals surface area contributed by atoms with Gasteiger partial charge in [-0.15, -0.1) is 0 Å². The van der Waals surface area contributed by atoms with E-state index >= 15 is 0 Å². The van der Waals surface area contributed by atoms with Gasteiger partial charge in [-0.2, -0.15) is 0 Å². The van der Waals surface area contributed by atoms with Crippen LogP contribution in [-0.4, -0.2) is 49.6 Å².